The molecule has 2 aromatic heterocycles. The van der Waals surface area contributed by atoms with E-state index in [9.17, 15) is 0 Å². The van der Waals surface area contributed by atoms with Crippen LogP contribution in [0.1, 0.15) is 41.4 Å². The Morgan fingerprint density at radius 2 is 2.06 bits per heavy atom. The summed E-state index contributed by atoms with van der Waals surface area (Å²) < 4.78 is 7.54. The molecule has 1 unspecified atom stereocenters. The molecule has 0 aliphatic heterocycles. The molecule has 18 heavy (non-hydrogen) atoms. The van der Waals surface area contributed by atoms with Gasteiger partial charge in [0.25, 0.3) is 0 Å². The number of aryl methyl sites for hydroxylation is 4. The van der Waals surface area contributed by atoms with E-state index < -0.39 is 0 Å². The minimum Gasteiger partial charge on any atom is -0.466 e. The maximum Gasteiger partial charge on any atom is 0.105 e. The standard InChI is InChI=1S/C14H21N3O/c1-5-17-12(6-9(2)16-17)8-14(15)13-7-10(3)18-11(13)4/h6-7,14H,5,8,15H2,1-4H3. The third-order valence-electron chi connectivity index (χ3n) is 3.19. The van der Waals surface area contributed by atoms with Crippen LogP contribution >= 0.6 is 0 Å². The molecule has 0 saturated carbocycles. The Morgan fingerprint density at radius 1 is 1.33 bits per heavy atom. The van der Waals surface area contributed by atoms with Crippen LogP contribution in [-0.4, -0.2) is 9.78 Å². The average Bonchev–Trinajstić information content (AvgIpc) is 2.81. The monoisotopic (exact) mass is 247 g/mol. The molecule has 0 aliphatic carbocycles. The molecule has 0 spiro atoms. The lowest BCUT2D eigenvalue weighted by atomic mass is 10.0. The number of hydrogen-bond donors (Lipinski definition) is 1. The van der Waals surface area contributed by atoms with Crippen molar-refractivity contribution in [1.29, 1.82) is 0 Å². The summed E-state index contributed by atoms with van der Waals surface area (Å²) in [6.07, 6.45) is 0.786. The summed E-state index contributed by atoms with van der Waals surface area (Å²) in [6.45, 7) is 8.89. The second-order valence-electron chi connectivity index (χ2n) is 4.77. The predicted molar refractivity (Wildman–Crippen MR) is 71.5 cm³/mol. The Hall–Kier alpha value is -1.55. The molecule has 2 aromatic rings. The molecule has 98 valence electrons. The van der Waals surface area contributed by atoms with Gasteiger partial charge in [0.05, 0.1) is 5.69 Å². The van der Waals surface area contributed by atoms with Crippen LogP contribution in [-0.2, 0) is 13.0 Å². The Bertz CT molecular complexity index is 539. The van der Waals surface area contributed by atoms with Crippen LogP contribution in [0.15, 0.2) is 16.5 Å². The molecule has 4 heteroatoms. The molecule has 0 amide bonds. The van der Waals surface area contributed by atoms with Gasteiger partial charge in [-0.1, -0.05) is 0 Å². The van der Waals surface area contributed by atoms with Crippen molar-refractivity contribution in [2.45, 2.75) is 46.7 Å². The Labute approximate surface area is 108 Å². The lowest BCUT2D eigenvalue weighted by molar-refractivity contribution is 0.495. The molecule has 0 fully saturated rings. The summed E-state index contributed by atoms with van der Waals surface area (Å²) in [7, 11) is 0. The number of aromatic nitrogens is 2. The third-order valence-corrected chi connectivity index (χ3v) is 3.19. The average molecular weight is 247 g/mol. The SMILES string of the molecule is CCn1nc(C)cc1CC(N)c1cc(C)oc1C. The fourth-order valence-electron chi connectivity index (χ4n) is 2.39. The molecule has 0 bridgehead atoms. The van der Waals surface area contributed by atoms with Crippen molar-refractivity contribution < 1.29 is 4.42 Å². The highest BCUT2D eigenvalue weighted by molar-refractivity contribution is 5.25. The van der Waals surface area contributed by atoms with Crippen LogP contribution in [0.3, 0.4) is 0 Å². The lowest BCUT2D eigenvalue weighted by Crippen LogP contribution is -2.16. The van der Waals surface area contributed by atoms with Gasteiger partial charge in [-0.3, -0.25) is 4.68 Å². The highest BCUT2D eigenvalue weighted by atomic mass is 16.3. The first kappa shape index (κ1) is 12.9. The van der Waals surface area contributed by atoms with Crippen molar-refractivity contribution in [2.24, 2.45) is 5.73 Å². The number of nitrogens with two attached hydrogens (primary N) is 1. The molecule has 0 radical (unpaired) electrons. The summed E-state index contributed by atoms with van der Waals surface area (Å²) in [5, 5.41) is 4.44. The van der Waals surface area contributed by atoms with Gasteiger partial charge in [-0.15, -0.1) is 0 Å². The van der Waals surface area contributed by atoms with E-state index in [0.29, 0.717) is 0 Å². The van der Waals surface area contributed by atoms with Crippen LogP contribution in [0.25, 0.3) is 0 Å². The zero-order valence-electron chi connectivity index (χ0n) is 11.5. The molecular weight excluding hydrogens is 226 g/mol. The molecule has 2 heterocycles. The van der Waals surface area contributed by atoms with Crippen molar-refractivity contribution >= 4 is 0 Å². The second-order valence-corrected chi connectivity index (χ2v) is 4.77. The van der Waals surface area contributed by atoms with Gasteiger partial charge in [0.15, 0.2) is 0 Å². The van der Waals surface area contributed by atoms with E-state index in [1.54, 1.807) is 0 Å². The van der Waals surface area contributed by atoms with E-state index >= 15 is 0 Å². The largest absolute Gasteiger partial charge is 0.466 e. The van der Waals surface area contributed by atoms with Crippen molar-refractivity contribution in [1.82, 2.24) is 9.78 Å². The fourth-order valence-corrected chi connectivity index (χ4v) is 2.39. The lowest BCUT2D eigenvalue weighted by Gasteiger charge is -2.11. The van der Waals surface area contributed by atoms with Gasteiger partial charge >= 0.3 is 0 Å². The van der Waals surface area contributed by atoms with E-state index in [4.69, 9.17) is 10.2 Å². The van der Waals surface area contributed by atoms with Crippen molar-refractivity contribution in [3.63, 3.8) is 0 Å². The number of hydrogen-bond acceptors (Lipinski definition) is 3. The fraction of sp³-hybridized carbons (Fsp3) is 0.500. The van der Waals surface area contributed by atoms with E-state index in [2.05, 4.69) is 18.1 Å². The molecule has 0 aliphatic rings. The highest BCUT2D eigenvalue weighted by Crippen LogP contribution is 2.23. The summed E-state index contributed by atoms with van der Waals surface area (Å²) in [5.74, 6) is 1.83. The smallest absolute Gasteiger partial charge is 0.105 e. The molecule has 2 N–H and O–H groups in total. The minimum atomic E-state index is -0.0381. The third kappa shape index (κ3) is 2.48. The second kappa shape index (κ2) is 4.98. The van der Waals surface area contributed by atoms with Gasteiger partial charge in [-0.25, -0.2) is 0 Å². The molecule has 4 nitrogen and oxygen atoms in total. The van der Waals surface area contributed by atoms with Crippen LogP contribution in [0, 0.1) is 20.8 Å². The van der Waals surface area contributed by atoms with E-state index in [1.807, 2.05) is 31.5 Å². The number of nitrogens with zero attached hydrogens (tertiary/aromatic N) is 2. The van der Waals surface area contributed by atoms with Gasteiger partial charge in [-0.2, -0.15) is 5.10 Å². The number of rotatable bonds is 4. The Balaban J connectivity index is 2.20. The van der Waals surface area contributed by atoms with Crippen molar-refractivity contribution in [3.8, 4) is 0 Å². The van der Waals surface area contributed by atoms with Crippen LogP contribution < -0.4 is 5.73 Å². The van der Waals surface area contributed by atoms with Gasteiger partial charge in [0.1, 0.15) is 11.5 Å². The Kier molecular flexibility index (Phi) is 3.57. The molecular formula is C14H21N3O. The van der Waals surface area contributed by atoms with E-state index in [-0.39, 0.29) is 6.04 Å². The zero-order valence-corrected chi connectivity index (χ0v) is 11.5. The van der Waals surface area contributed by atoms with Crippen LogP contribution in [0.2, 0.25) is 0 Å². The maximum atomic E-state index is 6.27. The first-order chi connectivity index (χ1) is 8.51. The van der Waals surface area contributed by atoms with Crippen LogP contribution in [0.5, 0.6) is 0 Å². The number of furan rings is 1. The summed E-state index contributed by atoms with van der Waals surface area (Å²) in [6, 6.07) is 4.09. The maximum absolute atomic E-state index is 6.27. The predicted octanol–water partition coefficient (Wildman–Crippen LogP) is 2.66. The van der Waals surface area contributed by atoms with Crippen molar-refractivity contribution in [2.75, 3.05) is 0 Å². The zero-order chi connectivity index (χ0) is 13.3. The highest BCUT2D eigenvalue weighted by Gasteiger charge is 2.16. The van der Waals surface area contributed by atoms with Gasteiger partial charge in [0.2, 0.25) is 0 Å². The molecule has 0 aromatic carbocycles. The quantitative estimate of drug-likeness (QED) is 0.903. The topological polar surface area (TPSA) is 57.0 Å². The first-order valence-electron chi connectivity index (χ1n) is 6.37. The van der Waals surface area contributed by atoms with E-state index in [1.165, 1.54) is 5.69 Å². The summed E-state index contributed by atoms with van der Waals surface area (Å²) in [5.41, 5.74) is 9.59. The molecule has 2 rings (SSSR count). The normalized spacial score (nSPS) is 12.9. The van der Waals surface area contributed by atoms with Crippen LogP contribution in [0.4, 0.5) is 0 Å². The first-order valence-corrected chi connectivity index (χ1v) is 6.37. The van der Waals surface area contributed by atoms with Crippen molar-refractivity contribution in [3.05, 3.63) is 40.6 Å². The minimum absolute atomic E-state index is 0.0381. The van der Waals surface area contributed by atoms with E-state index in [0.717, 1.165) is 35.7 Å². The van der Waals surface area contributed by atoms with Gasteiger partial charge in [-0.05, 0) is 39.8 Å². The Morgan fingerprint density at radius 3 is 2.61 bits per heavy atom. The summed E-state index contributed by atoms with van der Waals surface area (Å²) in [4.78, 5) is 0. The summed E-state index contributed by atoms with van der Waals surface area (Å²) >= 11 is 0. The van der Waals surface area contributed by atoms with Gasteiger partial charge in [0, 0.05) is 30.3 Å². The molecule has 0 saturated heterocycles. The molecule has 1 atom stereocenters. The van der Waals surface area contributed by atoms with Gasteiger partial charge < -0.3 is 10.2 Å².